The number of nitrogens with one attached hydrogen (secondary N) is 1. The van der Waals surface area contributed by atoms with E-state index in [2.05, 4.69) is 39.5 Å². The number of fused-ring (bicyclic) bond motifs is 4. The number of halogens is 1. The Hall–Kier alpha value is -2.27. The van der Waals surface area contributed by atoms with E-state index in [0.717, 1.165) is 33.6 Å². The van der Waals surface area contributed by atoms with Gasteiger partial charge in [-0.1, -0.05) is 28.1 Å². The predicted octanol–water partition coefficient (Wildman–Crippen LogP) is 5.21. The molecule has 5 rings (SSSR count). The van der Waals surface area contributed by atoms with Crippen LogP contribution in [0.4, 0.5) is 5.69 Å². The molecule has 2 aliphatic heterocycles. The lowest BCUT2D eigenvalue weighted by atomic mass is 9.76. The molecule has 2 aromatic carbocycles. The highest BCUT2D eigenvalue weighted by Crippen LogP contribution is 2.52. The number of carbonyl (C=O) groups excluding carboxylic acids is 1. The van der Waals surface area contributed by atoms with E-state index >= 15 is 0 Å². The monoisotopic (exact) mass is 411 g/mol. The zero-order chi connectivity index (χ0) is 17.8. The number of Topliss-reactive ketones (excluding diaryl/α,β-unsaturated/α-hetero) is 1. The molecule has 0 fully saturated rings. The standard InChI is InChI=1S/C21H18BrNO3/c1-11(24)12-5-6-18-15(7-12)13-3-2-4-14(13)21(23-18)16-8-19-20(9-17(16)22)26-10-25-19/h2-3,5-9,13-14,21,23H,4,10H2,1H3/t13-,14+,21-/m1/s1. The van der Waals surface area contributed by atoms with Gasteiger partial charge in [0.1, 0.15) is 0 Å². The van der Waals surface area contributed by atoms with Crippen molar-refractivity contribution >= 4 is 27.4 Å². The van der Waals surface area contributed by atoms with Crippen molar-refractivity contribution in [2.75, 3.05) is 12.1 Å². The highest BCUT2D eigenvalue weighted by molar-refractivity contribution is 9.10. The third-order valence-electron chi connectivity index (χ3n) is 5.60. The van der Waals surface area contributed by atoms with Gasteiger partial charge in [-0.05, 0) is 60.7 Å². The van der Waals surface area contributed by atoms with Crippen LogP contribution in [0.2, 0.25) is 0 Å². The van der Waals surface area contributed by atoms with Gasteiger partial charge in [-0.3, -0.25) is 4.79 Å². The lowest BCUT2D eigenvalue weighted by Crippen LogP contribution is -2.29. The maximum atomic E-state index is 11.8. The van der Waals surface area contributed by atoms with Gasteiger partial charge in [-0.25, -0.2) is 0 Å². The molecule has 0 aromatic heterocycles. The zero-order valence-corrected chi connectivity index (χ0v) is 15.9. The molecule has 0 bridgehead atoms. The van der Waals surface area contributed by atoms with E-state index in [-0.39, 0.29) is 18.6 Å². The first kappa shape index (κ1) is 15.9. The molecule has 0 saturated heterocycles. The molecule has 0 amide bonds. The first-order valence-corrected chi connectivity index (χ1v) is 9.58. The van der Waals surface area contributed by atoms with Crippen molar-refractivity contribution < 1.29 is 14.3 Å². The van der Waals surface area contributed by atoms with Crippen molar-refractivity contribution in [3.05, 3.63) is 63.6 Å². The molecule has 4 nitrogen and oxygen atoms in total. The molecular weight excluding hydrogens is 394 g/mol. The Morgan fingerprint density at radius 2 is 1.96 bits per heavy atom. The fourth-order valence-corrected chi connectivity index (χ4v) is 4.86. The van der Waals surface area contributed by atoms with Crippen LogP contribution in [0.25, 0.3) is 0 Å². The lowest BCUT2D eigenvalue weighted by molar-refractivity contribution is 0.101. The summed E-state index contributed by atoms with van der Waals surface area (Å²) in [7, 11) is 0. The average molecular weight is 412 g/mol. The maximum absolute atomic E-state index is 11.8. The van der Waals surface area contributed by atoms with Crippen molar-refractivity contribution in [3.8, 4) is 11.5 Å². The van der Waals surface area contributed by atoms with E-state index in [4.69, 9.17) is 9.47 Å². The van der Waals surface area contributed by atoms with Gasteiger partial charge in [0.05, 0.1) is 6.04 Å². The van der Waals surface area contributed by atoms with E-state index in [0.29, 0.717) is 11.8 Å². The quantitative estimate of drug-likeness (QED) is 0.544. The summed E-state index contributed by atoms with van der Waals surface area (Å²) in [6.45, 7) is 1.89. The number of hydrogen-bond donors (Lipinski definition) is 1. The molecule has 1 N–H and O–H groups in total. The van der Waals surface area contributed by atoms with Crippen molar-refractivity contribution in [3.63, 3.8) is 0 Å². The van der Waals surface area contributed by atoms with Crippen molar-refractivity contribution in [2.24, 2.45) is 5.92 Å². The van der Waals surface area contributed by atoms with Crippen LogP contribution in [-0.4, -0.2) is 12.6 Å². The molecule has 3 atom stereocenters. The van der Waals surface area contributed by atoms with Crippen LogP contribution in [0.1, 0.15) is 46.8 Å². The second-order valence-corrected chi connectivity index (χ2v) is 7.92. The normalized spacial score (nSPS) is 24.8. The van der Waals surface area contributed by atoms with E-state index in [1.54, 1.807) is 6.92 Å². The summed E-state index contributed by atoms with van der Waals surface area (Å²) in [5.74, 6) is 2.40. The molecule has 0 radical (unpaired) electrons. The number of anilines is 1. The fraction of sp³-hybridized carbons (Fsp3) is 0.286. The van der Waals surface area contributed by atoms with Crippen LogP contribution in [-0.2, 0) is 0 Å². The molecule has 0 saturated carbocycles. The molecule has 0 unspecified atom stereocenters. The van der Waals surface area contributed by atoms with Crippen LogP contribution >= 0.6 is 15.9 Å². The maximum Gasteiger partial charge on any atom is 0.231 e. The first-order chi connectivity index (χ1) is 12.6. The Bertz CT molecular complexity index is 953. The van der Waals surface area contributed by atoms with Gasteiger partial charge in [0.15, 0.2) is 17.3 Å². The average Bonchev–Trinajstić information content (AvgIpc) is 3.29. The third kappa shape index (κ3) is 2.37. The minimum atomic E-state index is 0.104. The number of ether oxygens (including phenoxy) is 2. The lowest BCUT2D eigenvalue weighted by Gasteiger charge is -2.38. The molecular formula is C21H18BrNO3. The smallest absolute Gasteiger partial charge is 0.231 e. The largest absolute Gasteiger partial charge is 0.454 e. The second-order valence-electron chi connectivity index (χ2n) is 7.06. The van der Waals surface area contributed by atoms with Crippen molar-refractivity contribution in [1.29, 1.82) is 0 Å². The number of ketones is 1. The minimum absolute atomic E-state index is 0.104. The van der Waals surface area contributed by atoms with Crippen LogP contribution in [0.5, 0.6) is 11.5 Å². The predicted molar refractivity (Wildman–Crippen MR) is 103 cm³/mol. The van der Waals surface area contributed by atoms with Gasteiger partial charge >= 0.3 is 0 Å². The summed E-state index contributed by atoms with van der Waals surface area (Å²) < 4.78 is 12.1. The second kappa shape index (κ2) is 5.88. The van der Waals surface area contributed by atoms with Crippen LogP contribution in [0.15, 0.2) is 47.0 Å². The first-order valence-electron chi connectivity index (χ1n) is 8.79. The molecule has 5 heteroatoms. The fourth-order valence-electron chi connectivity index (χ4n) is 4.29. The molecule has 0 spiro atoms. The zero-order valence-electron chi connectivity index (χ0n) is 14.3. The summed E-state index contributed by atoms with van der Waals surface area (Å²) in [4.78, 5) is 11.8. The van der Waals surface area contributed by atoms with E-state index < -0.39 is 0 Å². The van der Waals surface area contributed by atoms with Crippen LogP contribution < -0.4 is 14.8 Å². The number of rotatable bonds is 2. The van der Waals surface area contributed by atoms with E-state index in [1.807, 2.05) is 24.3 Å². The number of benzene rings is 2. The van der Waals surface area contributed by atoms with Gasteiger partial charge in [-0.15, -0.1) is 0 Å². The van der Waals surface area contributed by atoms with Gasteiger partial charge in [-0.2, -0.15) is 0 Å². The summed E-state index contributed by atoms with van der Waals surface area (Å²) >= 11 is 3.71. The SMILES string of the molecule is CC(=O)c1ccc2c(c1)[C@@H]1C=CC[C@@H]1[C@H](c1cc3c(cc1Br)OCO3)N2. The third-order valence-corrected chi connectivity index (χ3v) is 6.28. The molecule has 3 aliphatic rings. The molecule has 2 heterocycles. The molecule has 132 valence electrons. The molecule has 26 heavy (non-hydrogen) atoms. The van der Waals surface area contributed by atoms with Crippen LogP contribution in [0.3, 0.4) is 0 Å². The Labute approximate surface area is 160 Å². The van der Waals surface area contributed by atoms with E-state index in [1.165, 1.54) is 11.1 Å². The summed E-state index contributed by atoms with van der Waals surface area (Å²) in [5, 5.41) is 3.71. The van der Waals surface area contributed by atoms with Gasteiger partial charge < -0.3 is 14.8 Å². The Morgan fingerprint density at radius 1 is 1.15 bits per heavy atom. The van der Waals surface area contributed by atoms with Crippen molar-refractivity contribution in [2.45, 2.75) is 25.3 Å². The molecule has 2 aromatic rings. The Balaban J connectivity index is 1.59. The minimum Gasteiger partial charge on any atom is -0.454 e. The number of carbonyl (C=O) groups is 1. The summed E-state index contributed by atoms with van der Waals surface area (Å²) in [5.41, 5.74) is 4.25. The number of hydrogen-bond acceptors (Lipinski definition) is 4. The van der Waals surface area contributed by atoms with Crippen LogP contribution in [0, 0.1) is 5.92 Å². The highest BCUT2D eigenvalue weighted by atomic mass is 79.9. The number of allylic oxidation sites excluding steroid dienone is 2. The Morgan fingerprint density at radius 3 is 2.77 bits per heavy atom. The van der Waals surface area contributed by atoms with Gasteiger partial charge in [0.2, 0.25) is 6.79 Å². The highest BCUT2D eigenvalue weighted by Gasteiger charge is 2.39. The summed E-state index contributed by atoms with van der Waals surface area (Å²) in [6.07, 6.45) is 5.54. The topological polar surface area (TPSA) is 47.6 Å². The molecule has 1 aliphatic carbocycles. The van der Waals surface area contributed by atoms with Gasteiger partial charge in [0.25, 0.3) is 0 Å². The van der Waals surface area contributed by atoms with E-state index in [9.17, 15) is 4.79 Å². The summed E-state index contributed by atoms with van der Waals surface area (Å²) in [6, 6.07) is 10.2. The van der Waals surface area contributed by atoms with Gasteiger partial charge in [0, 0.05) is 21.6 Å². The Kier molecular flexibility index (Phi) is 3.60. The van der Waals surface area contributed by atoms with Crippen molar-refractivity contribution in [1.82, 2.24) is 0 Å².